The minimum Gasteiger partial charge on any atom is -0.491 e. The van der Waals surface area contributed by atoms with E-state index in [9.17, 15) is 9.59 Å². The number of nitrogens with zero attached hydrogens (tertiary/aromatic N) is 1. The first-order valence-corrected chi connectivity index (χ1v) is 10.2. The van der Waals surface area contributed by atoms with Crippen molar-refractivity contribution < 1.29 is 19.1 Å². The highest BCUT2D eigenvalue weighted by molar-refractivity contribution is 6.09. The zero-order chi connectivity index (χ0) is 20.1. The lowest BCUT2D eigenvalue weighted by Crippen LogP contribution is -2.28. The number of rotatable bonds is 6. The Morgan fingerprint density at radius 2 is 1.79 bits per heavy atom. The largest absolute Gasteiger partial charge is 0.491 e. The van der Waals surface area contributed by atoms with E-state index in [4.69, 9.17) is 9.47 Å². The quantitative estimate of drug-likeness (QED) is 0.811. The second-order valence-corrected chi connectivity index (χ2v) is 7.47. The van der Waals surface area contributed by atoms with Gasteiger partial charge in [-0.2, -0.15) is 0 Å². The van der Waals surface area contributed by atoms with Crippen molar-refractivity contribution >= 4 is 17.5 Å². The van der Waals surface area contributed by atoms with E-state index in [1.165, 1.54) is 0 Å². The van der Waals surface area contributed by atoms with Gasteiger partial charge in [0, 0.05) is 25.3 Å². The molecule has 6 heteroatoms. The van der Waals surface area contributed by atoms with Gasteiger partial charge in [0.25, 0.3) is 11.8 Å². The Morgan fingerprint density at radius 3 is 2.52 bits per heavy atom. The molecule has 2 aliphatic heterocycles. The van der Waals surface area contributed by atoms with Gasteiger partial charge >= 0.3 is 0 Å². The normalized spacial score (nSPS) is 18.6. The Balaban J connectivity index is 1.39. The maximum Gasteiger partial charge on any atom is 0.255 e. The molecule has 4 rings (SSSR count). The molecular weight excluding hydrogens is 368 g/mol. The van der Waals surface area contributed by atoms with Gasteiger partial charge < -0.3 is 19.7 Å². The molecule has 0 aromatic heterocycles. The predicted molar refractivity (Wildman–Crippen MR) is 110 cm³/mol. The van der Waals surface area contributed by atoms with Gasteiger partial charge in [0.05, 0.1) is 17.4 Å². The number of ether oxygens (including phenoxy) is 2. The predicted octanol–water partition coefficient (Wildman–Crippen LogP) is 3.73. The van der Waals surface area contributed by atoms with Crippen molar-refractivity contribution in [3.8, 4) is 5.75 Å². The van der Waals surface area contributed by atoms with E-state index in [2.05, 4.69) is 5.32 Å². The number of carbonyl (C=O) groups excluding carboxylic acids is 2. The number of hydrogen-bond donors (Lipinski definition) is 1. The van der Waals surface area contributed by atoms with Crippen LogP contribution >= 0.6 is 0 Å². The van der Waals surface area contributed by atoms with Gasteiger partial charge in [-0.05, 0) is 62.1 Å². The van der Waals surface area contributed by atoms with E-state index in [-0.39, 0.29) is 17.9 Å². The molecule has 2 amide bonds. The topological polar surface area (TPSA) is 67.9 Å². The van der Waals surface area contributed by atoms with E-state index in [0.29, 0.717) is 29.2 Å². The molecule has 2 aromatic carbocycles. The zero-order valence-corrected chi connectivity index (χ0v) is 16.4. The van der Waals surface area contributed by atoms with Crippen LogP contribution in [0, 0.1) is 0 Å². The smallest absolute Gasteiger partial charge is 0.255 e. The van der Waals surface area contributed by atoms with Crippen molar-refractivity contribution in [1.82, 2.24) is 4.90 Å². The van der Waals surface area contributed by atoms with E-state index < -0.39 is 0 Å². The third-order valence-corrected chi connectivity index (χ3v) is 5.38. The summed E-state index contributed by atoms with van der Waals surface area (Å²) in [6.45, 7) is 2.87. The summed E-state index contributed by atoms with van der Waals surface area (Å²) in [6, 6.07) is 14.2. The number of benzene rings is 2. The number of para-hydroxylation sites is 1. The summed E-state index contributed by atoms with van der Waals surface area (Å²) in [7, 11) is 0. The average molecular weight is 394 g/mol. The highest BCUT2D eigenvalue weighted by Crippen LogP contribution is 2.22. The first-order valence-electron chi connectivity index (χ1n) is 10.2. The summed E-state index contributed by atoms with van der Waals surface area (Å²) in [5.74, 6) is 0.426. The van der Waals surface area contributed by atoms with Crippen LogP contribution in [-0.4, -0.2) is 49.1 Å². The SMILES string of the molecule is O=C(Nc1ccccc1C(=O)N1CCCC1)c1ccc(OC[C@@H]2CCCO2)cc1. The molecule has 29 heavy (non-hydrogen) atoms. The zero-order valence-electron chi connectivity index (χ0n) is 16.4. The van der Waals surface area contributed by atoms with E-state index in [1.807, 2.05) is 17.0 Å². The molecule has 2 saturated heterocycles. The summed E-state index contributed by atoms with van der Waals surface area (Å²) < 4.78 is 11.3. The van der Waals surface area contributed by atoms with E-state index >= 15 is 0 Å². The van der Waals surface area contributed by atoms with E-state index in [1.54, 1.807) is 36.4 Å². The minimum atomic E-state index is -0.252. The van der Waals surface area contributed by atoms with Gasteiger partial charge in [-0.25, -0.2) is 0 Å². The number of anilines is 1. The molecule has 0 aliphatic carbocycles. The Bertz CT molecular complexity index is 853. The van der Waals surface area contributed by atoms with Crippen LogP contribution in [-0.2, 0) is 4.74 Å². The van der Waals surface area contributed by atoms with Crippen LogP contribution in [0.5, 0.6) is 5.75 Å². The van der Waals surface area contributed by atoms with Crippen molar-refractivity contribution in [2.75, 3.05) is 31.6 Å². The summed E-state index contributed by atoms with van der Waals surface area (Å²) in [6.07, 6.45) is 4.32. The molecule has 2 heterocycles. The highest BCUT2D eigenvalue weighted by Gasteiger charge is 2.22. The Labute approximate surface area is 170 Å². The van der Waals surface area contributed by atoms with Crippen LogP contribution < -0.4 is 10.1 Å². The van der Waals surface area contributed by atoms with E-state index in [0.717, 1.165) is 45.4 Å². The highest BCUT2D eigenvalue weighted by atomic mass is 16.5. The Hall–Kier alpha value is -2.86. The first kappa shape index (κ1) is 19.5. The van der Waals surface area contributed by atoms with Crippen molar-refractivity contribution in [2.24, 2.45) is 0 Å². The number of nitrogens with one attached hydrogen (secondary N) is 1. The Kier molecular flexibility index (Phi) is 6.10. The second kappa shape index (κ2) is 9.09. The van der Waals surface area contributed by atoms with Gasteiger partial charge in [-0.15, -0.1) is 0 Å². The standard InChI is InChI=1S/C23H26N2O4/c26-22(17-9-11-18(12-10-17)29-16-19-6-5-15-28-19)24-21-8-2-1-7-20(21)23(27)25-13-3-4-14-25/h1-2,7-12,19H,3-6,13-16H2,(H,24,26)/t19-/m0/s1. The molecule has 0 bridgehead atoms. The number of carbonyl (C=O) groups is 2. The molecule has 2 fully saturated rings. The van der Waals surface area contributed by atoms with Crippen LogP contribution in [0.15, 0.2) is 48.5 Å². The van der Waals surface area contributed by atoms with Crippen LogP contribution in [0.4, 0.5) is 5.69 Å². The summed E-state index contributed by atoms with van der Waals surface area (Å²) in [5.41, 5.74) is 1.57. The van der Waals surface area contributed by atoms with Crippen LogP contribution in [0.2, 0.25) is 0 Å². The fourth-order valence-electron chi connectivity index (χ4n) is 3.73. The third kappa shape index (κ3) is 4.77. The average Bonchev–Trinajstić information content (AvgIpc) is 3.47. The monoisotopic (exact) mass is 394 g/mol. The van der Waals surface area contributed by atoms with Gasteiger partial charge in [-0.1, -0.05) is 12.1 Å². The fourth-order valence-corrected chi connectivity index (χ4v) is 3.73. The number of amides is 2. The lowest BCUT2D eigenvalue weighted by atomic mass is 10.1. The molecule has 0 unspecified atom stereocenters. The first-order chi connectivity index (χ1) is 14.2. The van der Waals surface area contributed by atoms with Crippen molar-refractivity contribution in [3.63, 3.8) is 0 Å². The summed E-state index contributed by atoms with van der Waals surface area (Å²) in [4.78, 5) is 27.3. The number of likely N-dealkylation sites (tertiary alicyclic amines) is 1. The van der Waals surface area contributed by atoms with Crippen LogP contribution in [0.3, 0.4) is 0 Å². The fraction of sp³-hybridized carbons (Fsp3) is 0.391. The summed E-state index contributed by atoms with van der Waals surface area (Å²) >= 11 is 0. The van der Waals surface area contributed by atoms with Crippen LogP contribution in [0.1, 0.15) is 46.4 Å². The van der Waals surface area contributed by atoms with Crippen LogP contribution in [0.25, 0.3) is 0 Å². The lowest BCUT2D eigenvalue weighted by Gasteiger charge is -2.18. The maximum atomic E-state index is 12.8. The van der Waals surface area contributed by atoms with Crippen molar-refractivity contribution in [2.45, 2.75) is 31.8 Å². The number of hydrogen-bond acceptors (Lipinski definition) is 4. The molecule has 0 radical (unpaired) electrons. The van der Waals surface area contributed by atoms with Crippen molar-refractivity contribution in [1.29, 1.82) is 0 Å². The second-order valence-electron chi connectivity index (χ2n) is 7.47. The Morgan fingerprint density at radius 1 is 1.03 bits per heavy atom. The molecule has 0 spiro atoms. The summed E-state index contributed by atoms with van der Waals surface area (Å²) in [5, 5.41) is 2.88. The maximum absolute atomic E-state index is 12.8. The van der Waals surface area contributed by atoms with Gasteiger partial charge in [0.2, 0.25) is 0 Å². The third-order valence-electron chi connectivity index (χ3n) is 5.38. The van der Waals surface area contributed by atoms with Crippen molar-refractivity contribution in [3.05, 3.63) is 59.7 Å². The van der Waals surface area contributed by atoms with Gasteiger partial charge in [-0.3, -0.25) is 9.59 Å². The molecule has 6 nitrogen and oxygen atoms in total. The van der Waals surface area contributed by atoms with Gasteiger partial charge in [0.1, 0.15) is 12.4 Å². The van der Waals surface area contributed by atoms with Gasteiger partial charge in [0.15, 0.2) is 0 Å². The molecule has 2 aromatic rings. The molecule has 1 atom stereocenters. The molecule has 152 valence electrons. The lowest BCUT2D eigenvalue weighted by molar-refractivity contribution is 0.0679. The molecule has 2 aliphatic rings. The molecule has 0 saturated carbocycles. The molecular formula is C23H26N2O4. The minimum absolute atomic E-state index is 0.0312. The molecule has 1 N–H and O–H groups in total.